The quantitative estimate of drug-likeness (QED) is 0.772. The summed E-state index contributed by atoms with van der Waals surface area (Å²) in [5, 5.41) is 12.4. The molecule has 1 unspecified atom stereocenters. The first kappa shape index (κ1) is 15.2. The molecule has 0 radical (unpaired) electrons. The lowest BCUT2D eigenvalue weighted by Crippen LogP contribution is -2.39. The van der Waals surface area contributed by atoms with Crippen LogP contribution in [0.25, 0.3) is 6.08 Å². The average molecular weight is 263 g/mol. The van der Waals surface area contributed by atoms with Gasteiger partial charge in [-0.25, -0.2) is 0 Å². The number of ether oxygens (including phenoxy) is 1. The van der Waals surface area contributed by atoms with Crippen LogP contribution in [0.2, 0.25) is 0 Å². The zero-order valence-electron chi connectivity index (χ0n) is 11.6. The average Bonchev–Trinajstić information content (AvgIpc) is 2.43. The van der Waals surface area contributed by atoms with Crippen molar-refractivity contribution >= 4 is 12.0 Å². The molecule has 1 atom stereocenters. The molecule has 1 aromatic rings. The Morgan fingerprint density at radius 1 is 1.42 bits per heavy atom. The minimum Gasteiger partial charge on any atom is -0.497 e. The van der Waals surface area contributed by atoms with E-state index in [1.807, 2.05) is 31.2 Å². The highest BCUT2D eigenvalue weighted by molar-refractivity contribution is 5.91. The Kier molecular flexibility index (Phi) is 5.57. The molecular formula is C15H21NO3. The molecule has 0 spiro atoms. The number of nitrogens with one attached hydrogen (secondary N) is 1. The van der Waals surface area contributed by atoms with Gasteiger partial charge in [0.15, 0.2) is 0 Å². The number of methoxy groups -OCH3 is 1. The molecule has 0 fully saturated rings. The van der Waals surface area contributed by atoms with Crippen molar-refractivity contribution in [1.82, 2.24) is 5.32 Å². The van der Waals surface area contributed by atoms with E-state index >= 15 is 0 Å². The maximum atomic E-state index is 11.6. The van der Waals surface area contributed by atoms with Gasteiger partial charge in [-0.2, -0.15) is 0 Å². The van der Waals surface area contributed by atoms with E-state index in [1.165, 1.54) is 6.08 Å². The van der Waals surface area contributed by atoms with E-state index in [2.05, 4.69) is 5.32 Å². The summed E-state index contributed by atoms with van der Waals surface area (Å²) >= 11 is 0. The molecule has 104 valence electrons. The fraction of sp³-hybridized carbons (Fsp3) is 0.400. The van der Waals surface area contributed by atoms with Gasteiger partial charge in [0.05, 0.1) is 12.7 Å². The van der Waals surface area contributed by atoms with Crippen molar-refractivity contribution in [3.8, 4) is 5.75 Å². The van der Waals surface area contributed by atoms with Gasteiger partial charge >= 0.3 is 0 Å². The predicted molar refractivity (Wildman–Crippen MR) is 76.0 cm³/mol. The SMILES string of the molecule is CCC(C)(O)CNC(=O)C=Cc1ccc(OC)cc1. The van der Waals surface area contributed by atoms with E-state index in [1.54, 1.807) is 20.1 Å². The smallest absolute Gasteiger partial charge is 0.244 e. The Morgan fingerprint density at radius 2 is 2.05 bits per heavy atom. The highest BCUT2D eigenvalue weighted by Gasteiger charge is 2.17. The summed E-state index contributed by atoms with van der Waals surface area (Å²) in [6, 6.07) is 7.40. The molecule has 0 saturated heterocycles. The fourth-order valence-corrected chi connectivity index (χ4v) is 1.35. The van der Waals surface area contributed by atoms with Gasteiger partial charge in [0.1, 0.15) is 5.75 Å². The van der Waals surface area contributed by atoms with Crippen LogP contribution in [-0.2, 0) is 4.79 Å². The van der Waals surface area contributed by atoms with Crippen LogP contribution in [0.4, 0.5) is 0 Å². The fourth-order valence-electron chi connectivity index (χ4n) is 1.35. The van der Waals surface area contributed by atoms with Crippen molar-refractivity contribution in [2.45, 2.75) is 25.9 Å². The molecule has 4 heteroatoms. The molecule has 0 aromatic heterocycles. The third-order valence-electron chi connectivity index (χ3n) is 2.95. The number of carbonyl (C=O) groups is 1. The molecule has 2 N–H and O–H groups in total. The summed E-state index contributed by atoms with van der Waals surface area (Å²) in [6.45, 7) is 3.81. The molecule has 0 saturated carbocycles. The molecule has 19 heavy (non-hydrogen) atoms. The van der Waals surface area contributed by atoms with Gasteiger partial charge in [-0.1, -0.05) is 19.1 Å². The summed E-state index contributed by atoms with van der Waals surface area (Å²) in [6.07, 6.45) is 3.76. The van der Waals surface area contributed by atoms with Crippen LogP contribution in [0.3, 0.4) is 0 Å². The van der Waals surface area contributed by atoms with Crippen molar-refractivity contribution in [3.63, 3.8) is 0 Å². The molecule has 0 aliphatic heterocycles. The third-order valence-corrected chi connectivity index (χ3v) is 2.95. The summed E-state index contributed by atoms with van der Waals surface area (Å²) in [4.78, 5) is 11.6. The Bertz CT molecular complexity index is 435. The largest absolute Gasteiger partial charge is 0.497 e. The number of hydrogen-bond donors (Lipinski definition) is 2. The van der Waals surface area contributed by atoms with Crippen molar-refractivity contribution in [1.29, 1.82) is 0 Å². The van der Waals surface area contributed by atoms with Crippen molar-refractivity contribution in [2.75, 3.05) is 13.7 Å². The number of aliphatic hydroxyl groups is 1. The zero-order valence-corrected chi connectivity index (χ0v) is 11.6. The number of rotatable bonds is 6. The van der Waals surface area contributed by atoms with Crippen LogP contribution in [-0.4, -0.2) is 30.3 Å². The molecule has 1 aromatic carbocycles. The maximum Gasteiger partial charge on any atom is 0.244 e. The number of hydrogen-bond acceptors (Lipinski definition) is 3. The van der Waals surface area contributed by atoms with E-state index in [0.29, 0.717) is 6.42 Å². The van der Waals surface area contributed by atoms with Crippen LogP contribution in [0.1, 0.15) is 25.8 Å². The Balaban J connectivity index is 2.49. The van der Waals surface area contributed by atoms with Crippen molar-refractivity contribution in [3.05, 3.63) is 35.9 Å². The van der Waals surface area contributed by atoms with E-state index in [-0.39, 0.29) is 12.5 Å². The molecule has 0 aliphatic rings. The van der Waals surface area contributed by atoms with E-state index in [9.17, 15) is 9.90 Å². The standard InChI is InChI=1S/C15H21NO3/c1-4-15(2,18)11-16-14(17)10-7-12-5-8-13(19-3)9-6-12/h5-10,18H,4,11H2,1-3H3,(H,16,17). The Morgan fingerprint density at radius 3 is 2.58 bits per heavy atom. The molecule has 1 rings (SSSR count). The number of benzene rings is 1. The van der Waals surface area contributed by atoms with Gasteiger partial charge in [-0.3, -0.25) is 4.79 Å². The minimum atomic E-state index is -0.858. The Labute approximate surface area is 114 Å². The van der Waals surface area contributed by atoms with E-state index < -0.39 is 5.60 Å². The first-order valence-corrected chi connectivity index (χ1v) is 6.29. The van der Waals surface area contributed by atoms with Crippen LogP contribution in [0.5, 0.6) is 5.75 Å². The number of carbonyl (C=O) groups excluding carboxylic acids is 1. The third kappa shape index (κ3) is 5.57. The normalized spacial score (nSPS) is 14.1. The first-order chi connectivity index (χ1) is 8.96. The second-order valence-corrected chi connectivity index (χ2v) is 4.67. The van der Waals surface area contributed by atoms with E-state index in [0.717, 1.165) is 11.3 Å². The highest BCUT2D eigenvalue weighted by Crippen LogP contribution is 2.12. The summed E-state index contributed by atoms with van der Waals surface area (Å²) < 4.78 is 5.05. The Hall–Kier alpha value is -1.81. The van der Waals surface area contributed by atoms with Gasteiger partial charge in [0.2, 0.25) is 5.91 Å². The van der Waals surface area contributed by atoms with Crippen LogP contribution >= 0.6 is 0 Å². The van der Waals surface area contributed by atoms with Crippen LogP contribution in [0.15, 0.2) is 30.3 Å². The van der Waals surface area contributed by atoms with Crippen molar-refractivity contribution in [2.24, 2.45) is 0 Å². The predicted octanol–water partition coefficient (Wildman–Crippen LogP) is 1.99. The summed E-state index contributed by atoms with van der Waals surface area (Å²) in [7, 11) is 1.61. The van der Waals surface area contributed by atoms with Gasteiger partial charge in [0.25, 0.3) is 0 Å². The molecule has 0 bridgehead atoms. The topological polar surface area (TPSA) is 58.6 Å². The lowest BCUT2D eigenvalue weighted by atomic mass is 10.0. The second-order valence-electron chi connectivity index (χ2n) is 4.67. The molecule has 0 heterocycles. The van der Waals surface area contributed by atoms with Crippen LogP contribution < -0.4 is 10.1 Å². The van der Waals surface area contributed by atoms with Gasteiger partial charge < -0.3 is 15.2 Å². The lowest BCUT2D eigenvalue weighted by molar-refractivity contribution is -0.117. The van der Waals surface area contributed by atoms with Gasteiger partial charge in [-0.05, 0) is 37.1 Å². The monoisotopic (exact) mass is 263 g/mol. The van der Waals surface area contributed by atoms with Gasteiger partial charge in [-0.15, -0.1) is 0 Å². The molecule has 4 nitrogen and oxygen atoms in total. The van der Waals surface area contributed by atoms with E-state index in [4.69, 9.17) is 4.74 Å². The van der Waals surface area contributed by atoms with Crippen molar-refractivity contribution < 1.29 is 14.6 Å². The highest BCUT2D eigenvalue weighted by atomic mass is 16.5. The van der Waals surface area contributed by atoms with Crippen LogP contribution in [0, 0.1) is 0 Å². The lowest BCUT2D eigenvalue weighted by Gasteiger charge is -2.20. The first-order valence-electron chi connectivity index (χ1n) is 6.29. The zero-order chi connectivity index (χ0) is 14.3. The second kappa shape index (κ2) is 6.95. The minimum absolute atomic E-state index is 0.218. The van der Waals surface area contributed by atoms with Gasteiger partial charge in [0, 0.05) is 12.6 Å². The maximum absolute atomic E-state index is 11.6. The number of amides is 1. The summed E-state index contributed by atoms with van der Waals surface area (Å²) in [5.41, 5.74) is 0.0575. The molecule has 0 aliphatic carbocycles. The summed E-state index contributed by atoms with van der Waals surface area (Å²) in [5.74, 6) is 0.560. The molecule has 1 amide bonds. The molecular weight excluding hydrogens is 242 g/mol.